The lowest BCUT2D eigenvalue weighted by Gasteiger charge is -2.12. The standard InChI is InChI=1S/C26H18ClN5O4/c1-35-21-13-16(12-20(27)23(21)36-25(34)18-10-6-3-7-11-18)15-29-32-26-30-22(17-8-4-2-5-9-17)19(14-28)24(33)31-26/h2-13,15H,1H3,(H2,30,31,32,33). The Bertz CT molecular complexity index is 1530. The van der Waals surface area contributed by atoms with Gasteiger partial charge in [0, 0.05) is 5.56 Å². The normalized spacial score (nSPS) is 10.6. The first kappa shape index (κ1) is 24.2. The molecule has 10 heteroatoms. The molecule has 0 spiro atoms. The van der Waals surface area contributed by atoms with Gasteiger partial charge in [-0.3, -0.25) is 9.78 Å². The highest BCUT2D eigenvalue weighted by Crippen LogP contribution is 2.36. The number of benzene rings is 3. The van der Waals surface area contributed by atoms with Gasteiger partial charge in [0.1, 0.15) is 11.6 Å². The number of esters is 1. The summed E-state index contributed by atoms with van der Waals surface area (Å²) < 4.78 is 10.8. The second-order valence-corrected chi connectivity index (χ2v) is 7.68. The van der Waals surface area contributed by atoms with Crippen LogP contribution in [0.15, 0.2) is 82.7 Å². The zero-order chi connectivity index (χ0) is 25.5. The van der Waals surface area contributed by atoms with E-state index in [0.717, 1.165) is 0 Å². The third-order valence-corrected chi connectivity index (χ3v) is 5.20. The number of halogens is 1. The maximum Gasteiger partial charge on any atom is 0.343 e. The van der Waals surface area contributed by atoms with Crippen molar-refractivity contribution in [2.45, 2.75) is 0 Å². The minimum Gasteiger partial charge on any atom is -0.493 e. The first-order valence-corrected chi connectivity index (χ1v) is 10.9. The number of hydrogen-bond donors (Lipinski definition) is 2. The fraction of sp³-hybridized carbons (Fsp3) is 0.0385. The van der Waals surface area contributed by atoms with E-state index in [1.165, 1.54) is 19.4 Å². The molecular formula is C26H18ClN5O4. The summed E-state index contributed by atoms with van der Waals surface area (Å²) in [5.74, 6) is -0.238. The largest absolute Gasteiger partial charge is 0.493 e. The third-order valence-electron chi connectivity index (χ3n) is 4.92. The van der Waals surface area contributed by atoms with Gasteiger partial charge >= 0.3 is 5.97 Å². The second-order valence-electron chi connectivity index (χ2n) is 7.28. The Morgan fingerprint density at radius 2 is 1.83 bits per heavy atom. The van der Waals surface area contributed by atoms with Gasteiger partial charge in [-0.1, -0.05) is 60.1 Å². The number of anilines is 1. The van der Waals surface area contributed by atoms with Crippen LogP contribution in [0.2, 0.25) is 5.02 Å². The molecule has 0 bridgehead atoms. The van der Waals surface area contributed by atoms with Crippen molar-refractivity contribution >= 4 is 29.7 Å². The summed E-state index contributed by atoms with van der Waals surface area (Å²) in [7, 11) is 1.42. The first-order chi connectivity index (χ1) is 17.5. The fourth-order valence-corrected chi connectivity index (χ4v) is 3.50. The number of nitriles is 1. The summed E-state index contributed by atoms with van der Waals surface area (Å²) in [5, 5.41) is 13.6. The molecule has 178 valence electrons. The summed E-state index contributed by atoms with van der Waals surface area (Å²) in [4.78, 5) is 31.6. The van der Waals surface area contributed by atoms with Crippen molar-refractivity contribution in [1.29, 1.82) is 5.26 Å². The summed E-state index contributed by atoms with van der Waals surface area (Å²) in [5.41, 5.74) is 3.67. The molecule has 2 N–H and O–H groups in total. The summed E-state index contributed by atoms with van der Waals surface area (Å²) >= 11 is 6.35. The van der Waals surface area contributed by atoms with Gasteiger partial charge in [-0.15, -0.1) is 0 Å². The number of carbonyl (C=O) groups excluding carboxylic acids is 1. The van der Waals surface area contributed by atoms with Crippen LogP contribution in [-0.4, -0.2) is 29.3 Å². The molecule has 0 unspecified atom stereocenters. The van der Waals surface area contributed by atoms with Crippen molar-refractivity contribution in [3.63, 3.8) is 0 Å². The van der Waals surface area contributed by atoms with Gasteiger partial charge in [0.2, 0.25) is 5.95 Å². The molecule has 4 aromatic rings. The van der Waals surface area contributed by atoms with Crippen molar-refractivity contribution in [1.82, 2.24) is 9.97 Å². The highest BCUT2D eigenvalue weighted by molar-refractivity contribution is 6.32. The highest BCUT2D eigenvalue weighted by Gasteiger charge is 2.17. The van der Waals surface area contributed by atoms with Crippen molar-refractivity contribution in [2.75, 3.05) is 12.5 Å². The molecule has 4 rings (SSSR count). The highest BCUT2D eigenvalue weighted by atomic mass is 35.5. The van der Waals surface area contributed by atoms with E-state index in [9.17, 15) is 14.9 Å². The maximum absolute atomic E-state index is 12.4. The second kappa shape index (κ2) is 11.0. The minimum absolute atomic E-state index is 0.0422. The molecule has 0 atom stereocenters. The van der Waals surface area contributed by atoms with Gasteiger partial charge in [-0.05, 0) is 29.8 Å². The Kier molecular flexibility index (Phi) is 7.39. The fourth-order valence-electron chi connectivity index (χ4n) is 3.24. The van der Waals surface area contributed by atoms with E-state index in [1.807, 2.05) is 12.1 Å². The predicted molar refractivity (Wildman–Crippen MR) is 136 cm³/mol. The van der Waals surface area contributed by atoms with Gasteiger partial charge in [-0.25, -0.2) is 15.2 Å². The molecule has 3 aromatic carbocycles. The minimum atomic E-state index is -0.599. The number of aromatic amines is 1. The SMILES string of the molecule is COc1cc(C=NNc2nc(-c3ccccc3)c(C#N)c(=O)[nH]2)cc(Cl)c1OC(=O)c1ccccc1. The summed E-state index contributed by atoms with van der Waals surface area (Å²) in [6.45, 7) is 0. The number of aromatic nitrogens is 2. The molecule has 0 fully saturated rings. The third kappa shape index (κ3) is 5.41. The number of methoxy groups -OCH3 is 1. The number of hydrogen-bond acceptors (Lipinski definition) is 8. The molecule has 0 radical (unpaired) electrons. The van der Waals surface area contributed by atoms with Crippen LogP contribution in [0.4, 0.5) is 5.95 Å². The number of hydrazone groups is 1. The van der Waals surface area contributed by atoms with E-state index in [1.54, 1.807) is 60.7 Å². The topological polar surface area (TPSA) is 129 Å². The first-order valence-electron chi connectivity index (χ1n) is 10.5. The molecule has 0 aliphatic rings. The van der Waals surface area contributed by atoms with Crippen LogP contribution in [0.3, 0.4) is 0 Å². The Balaban J connectivity index is 1.56. The predicted octanol–water partition coefficient (Wildman–Crippen LogP) is 4.64. The molecule has 0 saturated heterocycles. The number of carbonyl (C=O) groups is 1. The van der Waals surface area contributed by atoms with Crippen LogP contribution in [-0.2, 0) is 0 Å². The van der Waals surface area contributed by atoms with E-state index in [-0.39, 0.29) is 33.7 Å². The van der Waals surface area contributed by atoms with Crippen LogP contribution in [0.1, 0.15) is 21.5 Å². The molecule has 1 aromatic heterocycles. The van der Waals surface area contributed by atoms with Gasteiger partial charge in [0.05, 0.1) is 29.6 Å². The molecular weight excluding hydrogens is 482 g/mol. The average Bonchev–Trinajstić information content (AvgIpc) is 2.90. The quantitative estimate of drug-likeness (QED) is 0.164. The number of ether oxygens (including phenoxy) is 2. The van der Waals surface area contributed by atoms with E-state index >= 15 is 0 Å². The van der Waals surface area contributed by atoms with Gasteiger partial charge in [0.15, 0.2) is 11.5 Å². The summed E-state index contributed by atoms with van der Waals surface area (Å²) in [6, 6.07) is 22.4. The zero-order valence-corrected chi connectivity index (χ0v) is 19.6. The Hall–Kier alpha value is -4.94. The summed E-state index contributed by atoms with van der Waals surface area (Å²) in [6.07, 6.45) is 1.41. The van der Waals surface area contributed by atoms with Crippen LogP contribution in [0, 0.1) is 11.3 Å². The number of nitrogens with zero attached hydrogens (tertiary/aromatic N) is 3. The van der Waals surface area contributed by atoms with Crippen LogP contribution in [0.5, 0.6) is 11.5 Å². The van der Waals surface area contributed by atoms with Crippen molar-refractivity contribution < 1.29 is 14.3 Å². The Labute approximate surface area is 210 Å². The smallest absolute Gasteiger partial charge is 0.343 e. The van der Waals surface area contributed by atoms with E-state index in [0.29, 0.717) is 16.7 Å². The van der Waals surface area contributed by atoms with E-state index in [4.69, 9.17) is 21.1 Å². The van der Waals surface area contributed by atoms with E-state index in [2.05, 4.69) is 20.5 Å². The number of rotatable bonds is 7. The lowest BCUT2D eigenvalue weighted by molar-refractivity contribution is 0.0730. The van der Waals surface area contributed by atoms with Gasteiger partial charge < -0.3 is 9.47 Å². The van der Waals surface area contributed by atoms with Crippen LogP contribution in [0.25, 0.3) is 11.3 Å². The van der Waals surface area contributed by atoms with Crippen molar-refractivity contribution in [2.24, 2.45) is 5.10 Å². The number of nitrogens with one attached hydrogen (secondary N) is 2. The Morgan fingerprint density at radius 3 is 2.50 bits per heavy atom. The number of H-pyrrole nitrogens is 1. The maximum atomic E-state index is 12.4. The molecule has 1 heterocycles. The van der Waals surface area contributed by atoms with E-state index < -0.39 is 11.5 Å². The average molecular weight is 500 g/mol. The monoisotopic (exact) mass is 499 g/mol. The molecule has 9 nitrogen and oxygen atoms in total. The molecule has 36 heavy (non-hydrogen) atoms. The Morgan fingerprint density at radius 1 is 1.14 bits per heavy atom. The lowest BCUT2D eigenvalue weighted by atomic mass is 10.1. The van der Waals surface area contributed by atoms with Crippen molar-refractivity contribution in [3.05, 3.63) is 105 Å². The van der Waals surface area contributed by atoms with Gasteiger partial charge in [-0.2, -0.15) is 10.4 Å². The lowest BCUT2D eigenvalue weighted by Crippen LogP contribution is -2.16. The van der Waals surface area contributed by atoms with Gasteiger partial charge in [0.25, 0.3) is 5.56 Å². The zero-order valence-electron chi connectivity index (χ0n) is 18.9. The van der Waals surface area contributed by atoms with Crippen LogP contribution < -0.4 is 20.5 Å². The molecule has 0 aliphatic carbocycles. The van der Waals surface area contributed by atoms with Crippen molar-refractivity contribution in [3.8, 4) is 28.8 Å². The molecule has 0 aliphatic heterocycles. The molecule has 0 amide bonds. The van der Waals surface area contributed by atoms with Crippen LogP contribution >= 0.6 is 11.6 Å². The molecule has 0 saturated carbocycles.